The van der Waals surface area contributed by atoms with Gasteiger partial charge in [0.25, 0.3) is 0 Å². The number of fused-ring (bicyclic) bond motifs is 1. The number of piperazine rings is 1. The summed E-state index contributed by atoms with van der Waals surface area (Å²) < 4.78 is 5.79. The van der Waals surface area contributed by atoms with Gasteiger partial charge in [-0.15, -0.1) is 0 Å². The molecule has 1 amide bonds. The van der Waals surface area contributed by atoms with Crippen molar-refractivity contribution in [2.24, 2.45) is 0 Å². The number of rotatable bonds is 1. The van der Waals surface area contributed by atoms with Crippen LogP contribution in [-0.4, -0.2) is 50.1 Å². The Morgan fingerprint density at radius 2 is 2.05 bits per heavy atom. The Balaban J connectivity index is 1.72. The fourth-order valence-corrected chi connectivity index (χ4v) is 2.76. The second kappa shape index (κ2) is 5.71. The highest BCUT2D eigenvalue weighted by atomic mass is 16.5. The van der Waals surface area contributed by atoms with Crippen molar-refractivity contribution in [1.82, 2.24) is 10.2 Å². The molecule has 1 fully saturated rings. The van der Waals surface area contributed by atoms with Crippen LogP contribution in [0.15, 0.2) is 18.2 Å². The monoisotopic (exact) mass is 275 g/mol. The Bertz CT molecular complexity index is 496. The van der Waals surface area contributed by atoms with E-state index < -0.39 is 0 Å². The molecule has 5 nitrogen and oxygen atoms in total. The summed E-state index contributed by atoms with van der Waals surface area (Å²) in [6, 6.07) is 6.42. The van der Waals surface area contributed by atoms with Gasteiger partial charge in [0.15, 0.2) is 0 Å². The lowest BCUT2D eigenvalue weighted by atomic mass is 10.1. The second-order valence-electron chi connectivity index (χ2n) is 5.31. The Kier molecular flexibility index (Phi) is 3.78. The molecule has 0 atom stereocenters. The van der Waals surface area contributed by atoms with E-state index in [0.29, 0.717) is 6.61 Å². The zero-order valence-corrected chi connectivity index (χ0v) is 11.9. The zero-order valence-electron chi connectivity index (χ0n) is 11.9. The lowest BCUT2D eigenvalue weighted by Crippen LogP contribution is -2.48. The maximum absolute atomic E-state index is 11.4. The van der Waals surface area contributed by atoms with E-state index in [1.807, 2.05) is 4.90 Å². The molecule has 1 aromatic rings. The molecule has 0 spiro atoms. The first-order valence-electron chi connectivity index (χ1n) is 7.21. The van der Waals surface area contributed by atoms with E-state index in [0.717, 1.165) is 45.0 Å². The minimum Gasteiger partial charge on any atom is -0.492 e. The molecule has 0 radical (unpaired) electrons. The largest absolute Gasteiger partial charge is 0.492 e. The van der Waals surface area contributed by atoms with Crippen molar-refractivity contribution in [2.45, 2.75) is 13.5 Å². The first-order valence-corrected chi connectivity index (χ1v) is 7.21. The summed E-state index contributed by atoms with van der Waals surface area (Å²) in [5.41, 5.74) is 2.41. The minimum absolute atomic E-state index is 0.168. The van der Waals surface area contributed by atoms with Gasteiger partial charge in [0.1, 0.15) is 12.4 Å². The molecule has 0 unspecified atom stereocenters. The molecule has 1 saturated heterocycles. The summed E-state index contributed by atoms with van der Waals surface area (Å²) in [4.78, 5) is 15.6. The summed E-state index contributed by atoms with van der Waals surface area (Å²) in [5, 5.41) is 3.34. The van der Waals surface area contributed by atoms with Crippen LogP contribution in [0.4, 0.5) is 5.69 Å². The Morgan fingerprint density at radius 1 is 1.25 bits per heavy atom. The van der Waals surface area contributed by atoms with Gasteiger partial charge >= 0.3 is 0 Å². The summed E-state index contributed by atoms with van der Waals surface area (Å²) in [5.74, 6) is 1.16. The molecule has 0 aliphatic carbocycles. The van der Waals surface area contributed by atoms with Crippen LogP contribution in [0, 0.1) is 0 Å². The molecular formula is C15H21N3O2. The van der Waals surface area contributed by atoms with E-state index >= 15 is 0 Å². The third-order valence-electron chi connectivity index (χ3n) is 3.99. The third kappa shape index (κ3) is 2.72. The van der Waals surface area contributed by atoms with Gasteiger partial charge in [0, 0.05) is 63.5 Å². The molecule has 2 aliphatic heterocycles. The summed E-state index contributed by atoms with van der Waals surface area (Å²) in [6.45, 7) is 7.49. The number of benzene rings is 1. The quantitative estimate of drug-likeness (QED) is 0.825. The van der Waals surface area contributed by atoms with E-state index in [9.17, 15) is 4.79 Å². The number of carbonyl (C=O) groups excluding carboxylic acids is 1. The fraction of sp³-hybridized carbons (Fsp3) is 0.533. The SMILES string of the molecule is CC(=O)N1CCN(c2ccc3c(c2)OCCNC3)CC1. The van der Waals surface area contributed by atoms with Crippen LogP contribution in [0.25, 0.3) is 0 Å². The van der Waals surface area contributed by atoms with Gasteiger partial charge in [-0.2, -0.15) is 0 Å². The van der Waals surface area contributed by atoms with Crippen LogP contribution in [-0.2, 0) is 11.3 Å². The number of nitrogens with one attached hydrogen (secondary N) is 1. The van der Waals surface area contributed by atoms with E-state index in [2.05, 4.69) is 28.4 Å². The molecule has 5 heteroatoms. The van der Waals surface area contributed by atoms with Crippen molar-refractivity contribution in [2.75, 3.05) is 44.2 Å². The minimum atomic E-state index is 0.168. The van der Waals surface area contributed by atoms with Gasteiger partial charge in [-0.1, -0.05) is 6.07 Å². The van der Waals surface area contributed by atoms with E-state index in [1.54, 1.807) is 6.92 Å². The molecular weight excluding hydrogens is 254 g/mol. The van der Waals surface area contributed by atoms with Crippen LogP contribution in [0.2, 0.25) is 0 Å². The van der Waals surface area contributed by atoms with E-state index in [4.69, 9.17) is 4.74 Å². The predicted octanol–water partition coefficient (Wildman–Crippen LogP) is 0.837. The number of nitrogens with zero attached hydrogens (tertiary/aromatic N) is 2. The molecule has 0 saturated carbocycles. The highest BCUT2D eigenvalue weighted by Gasteiger charge is 2.20. The smallest absolute Gasteiger partial charge is 0.219 e. The van der Waals surface area contributed by atoms with Crippen molar-refractivity contribution in [1.29, 1.82) is 0 Å². The van der Waals surface area contributed by atoms with Gasteiger partial charge < -0.3 is 19.9 Å². The lowest BCUT2D eigenvalue weighted by Gasteiger charge is -2.35. The molecule has 20 heavy (non-hydrogen) atoms. The molecule has 2 aliphatic rings. The average molecular weight is 275 g/mol. The normalized spacial score (nSPS) is 19.1. The van der Waals surface area contributed by atoms with Crippen molar-refractivity contribution in [3.8, 4) is 5.75 Å². The third-order valence-corrected chi connectivity index (χ3v) is 3.99. The molecule has 108 valence electrons. The van der Waals surface area contributed by atoms with E-state index in [-0.39, 0.29) is 5.91 Å². The first-order chi connectivity index (χ1) is 9.74. The second-order valence-corrected chi connectivity index (χ2v) is 5.31. The van der Waals surface area contributed by atoms with Crippen LogP contribution < -0.4 is 15.0 Å². The van der Waals surface area contributed by atoms with Crippen molar-refractivity contribution >= 4 is 11.6 Å². The highest BCUT2D eigenvalue weighted by molar-refractivity contribution is 5.73. The Hall–Kier alpha value is -1.75. The Morgan fingerprint density at radius 3 is 2.80 bits per heavy atom. The van der Waals surface area contributed by atoms with Crippen molar-refractivity contribution in [3.63, 3.8) is 0 Å². The number of hydrogen-bond acceptors (Lipinski definition) is 4. The van der Waals surface area contributed by atoms with Crippen LogP contribution in [0.3, 0.4) is 0 Å². The zero-order chi connectivity index (χ0) is 13.9. The maximum Gasteiger partial charge on any atom is 0.219 e. The number of anilines is 1. The molecule has 2 heterocycles. The van der Waals surface area contributed by atoms with Crippen molar-refractivity contribution in [3.05, 3.63) is 23.8 Å². The van der Waals surface area contributed by atoms with Crippen LogP contribution >= 0.6 is 0 Å². The molecule has 3 rings (SSSR count). The summed E-state index contributed by atoms with van der Waals surface area (Å²) in [6.07, 6.45) is 0. The number of ether oxygens (including phenoxy) is 1. The summed E-state index contributed by atoms with van der Waals surface area (Å²) >= 11 is 0. The number of amides is 1. The Labute approximate surface area is 119 Å². The van der Waals surface area contributed by atoms with Crippen LogP contribution in [0.1, 0.15) is 12.5 Å². The van der Waals surface area contributed by atoms with Gasteiger partial charge in [-0.05, 0) is 6.07 Å². The summed E-state index contributed by atoms with van der Waals surface area (Å²) in [7, 11) is 0. The standard InChI is InChI=1S/C15H21N3O2/c1-12(19)17-5-7-18(8-6-17)14-3-2-13-11-16-4-9-20-15(13)10-14/h2-3,10,16H,4-9,11H2,1H3. The van der Waals surface area contributed by atoms with Crippen molar-refractivity contribution < 1.29 is 9.53 Å². The highest BCUT2D eigenvalue weighted by Crippen LogP contribution is 2.27. The topological polar surface area (TPSA) is 44.8 Å². The van der Waals surface area contributed by atoms with Gasteiger partial charge in [-0.25, -0.2) is 0 Å². The first kappa shape index (κ1) is 13.2. The number of carbonyl (C=O) groups is 1. The lowest BCUT2D eigenvalue weighted by molar-refractivity contribution is -0.129. The average Bonchev–Trinajstić information content (AvgIpc) is 2.71. The van der Waals surface area contributed by atoms with Crippen LogP contribution in [0.5, 0.6) is 5.75 Å². The predicted molar refractivity (Wildman–Crippen MR) is 78.1 cm³/mol. The molecule has 1 aromatic carbocycles. The van der Waals surface area contributed by atoms with E-state index in [1.165, 1.54) is 11.3 Å². The van der Waals surface area contributed by atoms with Gasteiger partial charge in [-0.3, -0.25) is 4.79 Å². The van der Waals surface area contributed by atoms with Gasteiger partial charge in [0.2, 0.25) is 5.91 Å². The molecule has 0 bridgehead atoms. The maximum atomic E-state index is 11.4. The van der Waals surface area contributed by atoms with Gasteiger partial charge in [0.05, 0.1) is 0 Å². The molecule has 0 aromatic heterocycles. The fourth-order valence-electron chi connectivity index (χ4n) is 2.76. The molecule has 1 N–H and O–H groups in total. The number of hydrogen-bond donors (Lipinski definition) is 1.